The minimum absolute atomic E-state index is 0.618. The summed E-state index contributed by atoms with van der Waals surface area (Å²) in [5.74, 6) is 0.976. The quantitative estimate of drug-likeness (QED) is 0.729. The fourth-order valence-corrected chi connectivity index (χ4v) is 4.08. The van der Waals surface area contributed by atoms with Crippen LogP contribution < -0.4 is 10.6 Å². The molecule has 0 spiro atoms. The van der Waals surface area contributed by atoms with Gasteiger partial charge in [0.2, 0.25) is 0 Å². The van der Waals surface area contributed by atoms with Gasteiger partial charge in [0.05, 0.1) is 12.2 Å². The van der Waals surface area contributed by atoms with Crippen molar-refractivity contribution in [1.82, 2.24) is 9.47 Å². The maximum absolute atomic E-state index is 9.65. The van der Waals surface area contributed by atoms with E-state index in [9.17, 15) is 5.26 Å². The minimum Gasteiger partial charge on any atom is -0.396 e. The summed E-state index contributed by atoms with van der Waals surface area (Å²) < 4.78 is 2.07. The number of hydrogen-bond acceptors (Lipinski definition) is 4. The van der Waals surface area contributed by atoms with Gasteiger partial charge in [0.1, 0.15) is 17.6 Å². The van der Waals surface area contributed by atoms with Crippen LogP contribution in [0.15, 0.2) is 60.7 Å². The highest BCUT2D eigenvalue weighted by Crippen LogP contribution is 2.30. The van der Waals surface area contributed by atoms with Crippen molar-refractivity contribution in [2.75, 3.05) is 36.8 Å². The smallest absolute Gasteiger partial charge is 0.133 e. The molecule has 2 aromatic carbocycles. The predicted molar refractivity (Wildman–Crippen MR) is 118 cm³/mol. The number of aryl methyl sites for hydroxylation is 1. The third-order valence-electron chi connectivity index (χ3n) is 5.72. The van der Waals surface area contributed by atoms with Crippen molar-refractivity contribution in [1.29, 1.82) is 5.26 Å². The Morgan fingerprint density at radius 1 is 0.931 bits per heavy atom. The molecule has 5 nitrogen and oxygen atoms in total. The number of piperazine rings is 1. The summed E-state index contributed by atoms with van der Waals surface area (Å²) in [5.41, 5.74) is 11.5. The lowest BCUT2D eigenvalue weighted by atomic mass is 10.1. The lowest BCUT2D eigenvalue weighted by Gasteiger charge is -2.36. The van der Waals surface area contributed by atoms with Crippen molar-refractivity contribution >= 4 is 11.5 Å². The Morgan fingerprint density at radius 2 is 1.62 bits per heavy atom. The Balaban J connectivity index is 1.52. The molecule has 3 aromatic rings. The molecule has 1 aromatic heterocycles. The van der Waals surface area contributed by atoms with E-state index >= 15 is 0 Å². The summed E-state index contributed by atoms with van der Waals surface area (Å²) in [6, 6.07) is 23.0. The predicted octanol–water partition coefficient (Wildman–Crippen LogP) is 3.62. The highest BCUT2D eigenvalue weighted by atomic mass is 15.3. The van der Waals surface area contributed by atoms with Gasteiger partial charge >= 0.3 is 0 Å². The Bertz CT molecular complexity index is 1010. The summed E-state index contributed by atoms with van der Waals surface area (Å²) >= 11 is 0. The molecule has 29 heavy (non-hydrogen) atoms. The fourth-order valence-electron chi connectivity index (χ4n) is 4.08. The van der Waals surface area contributed by atoms with Crippen LogP contribution >= 0.6 is 0 Å². The molecule has 0 unspecified atom stereocenters. The SMILES string of the molecule is Cc1ccccc1Cn1c(C#N)cc(N)c1N1CCN(Cc2ccccc2)CC1. The molecule has 1 fully saturated rings. The van der Waals surface area contributed by atoms with Gasteiger partial charge in [-0.25, -0.2) is 0 Å². The lowest BCUT2D eigenvalue weighted by molar-refractivity contribution is 0.249. The van der Waals surface area contributed by atoms with Crippen molar-refractivity contribution < 1.29 is 0 Å². The van der Waals surface area contributed by atoms with E-state index in [-0.39, 0.29) is 0 Å². The largest absolute Gasteiger partial charge is 0.396 e. The van der Waals surface area contributed by atoms with Gasteiger partial charge in [0.25, 0.3) is 0 Å². The van der Waals surface area contributed by atoms with E-state index in [0.29, 0.717) is 17.9 Å². The van der Waals surface area contributed by atoms with Crippen LogP contribution in [0.2, 0.25) is 0 Å². The van der Waals surface area contributed by atoms with E-state index in [2.05, 4.69) is 69.8 Å². The molecule has 2 heterocycles. The molecule has 0 saturated carbocycles. The number of hydrogen-bond donors (Lipinski definition) is 1. The first kappa shape index (κ1) is 19.1. The zero-order valence-electron chi connectivity index (χ0n) is 16.9. The van der Waals surface area contributed by atoms with Crippen LogP contribution in [0.1, 0.15) is 22.4 Å². The summed E-state index contributed by atoms with van der Waals surface area (Å²) in [6.45, 7) is 7.50. The second-order valence-corrected chi connectivity index (χ2v) is 7.68. The van der Waals surface area contributed by atoms with E-state index in [1.165, 1.54) is 16.7 Å². The first-order valence-corrected chi connectivity index (χ1v) is 10.1. The van der Waals surface area contributed by atoms with Crippen molar-refractivity contribution in [3.8, 4) is 6.07 Å². The van der Waals surface area contributed by atoms with E-state index in [0.717, 1.165) is 38.5 Å². The number of anilines is 2. The number of aromatic nitrogens is 1. The molecule has 5 heteroatoms. The summed E-state index contributed by atoms with van der Waals surface area (Å²) in [4.78, 5) is 4.80. The third-order valence-corrected chi connectivity index (χ3v) is 5.72. The molecular formula is C24H27N5. The maximum atomic E-state index is 9.65. The van der Waals surface area contributed by atoms with Crippen molar-refractivity contribution in [3.63, 3.8) is 0 Å². The monoisotopic (exact) mass is 385 g/mol. The van der Waals surface area contributed by atoms with Crippen LogP contribution in [-0.4, -0.2) is 35.6 Å². The number of nitrogen functional groups attached to an aromatic ring is 1. The lowest BCUT2D eigenvalue weighted by Crippen LogP contribution is -2.46. The van der Waals surface area contributed by atoms with Crippen LogP contribution in [0.25, 0.3) is 0 Å². The van der Waals surface area contributed by atoms with Gasteiger partial charge in [0.15, 0.2) is 0 Å². The minimum atomic E-state index is 0.618. The van der Waals surface area contributed by atoms with Crippen molar-refractivity contribution in [3.05, 3.63) is 83.0 Å². The van der Waals surface area contributed by atoms with E-state index in [4.69, 9.17) is 5.73 Å². The number of rotatable bonds is 5. The van der Waals surface area contributed by atoms with Gasteiger partial charge in [-0.1, -0.05) is 54.6 Å². The first-order chi connectivity index (χ1) is 14.2. The summed E-state index contributed by atoms with van der Waals surface area (Å²) in [7, 11) is 0. The molecule has 0 atom stereocenters. The van der Waals surface area contributed by atoms with Crippen LogP contribution in [0.4, 0.5) is 11.5 Å². The molecule has 4 rings (SSSR count). The Hall–Kier alpha value is -3.23. The van der Waals surface area contributed by atoms with Gasteiger partial charge in [-0.3, -0.25) is 4.90 Å². The molecule has 0 aliphatic carbocycles. The first-order valence-electron chi connectivity index (χ1n) is 10.1. The normalized spacial score (nSPS) is 14.7. The molecule has 0 bridgehead atoms. The third kappa shape index (κ3) is 4.13. The number of nitrogens with zero attached hydrogens (tertiary/aromatic N) is 4. The topological polar surface area (TPSA) is 61.2 Å². The molecular weight excluding hydrogens is 358 g/mol. The molecule has 0 amide bonds. The fraction of sp³-hybridized carbons (Fsp3) is 0.292. The number of benzene rings is 2. The van der Waals surface area contributed by atoms with Gasteiger partial charge in [-0.15, -0.1) is 0 Å². The van der Waals surface area contributed by atoms with Gasteiger partial charge < -0.3 is 15.2 Å². The Labute approximate surface area is 172 Å². The standard InChI is InChI=1S/C24H27N5/c1-19-7-5-6-10-21(19)18-29-22(16-25)15-23(26)24(29)28-13-11-27(12-14-28)17-20-8-3-2-4-9-20/h2-10,15H,11-14,17-18,26H2,1H3. The molecule has 148 valence electrons. The summed E-state index contributed by atoms with van der Waals surface area (Å²) in [5, 5.41) is 9.65. The number of nitriles is 1. The average molecular weight is 386 g/mol. The van der Waals surface area contributed by atoms with Crippen LogP contribution in [0, 0.1) is 18.3 Å². The zero-order chi connectivity index (χ0) is 20.2. The molecule has 0 radical (unpaired) electrons. The van der Waals surface area contributed by atoms with Gasteiger partial charge in [-0.05, 0) is 29.7 Å². The second-order valence-electron chi connectivity index (χ2n) is 7.68. The van der Waals surface area contributed by atoms with Crippen LogP contribution in [0.3, 0.4) is 0 Å². The Morgan fingerprint density at radius 3 is 2.31 bits per heavy atom. The van der Waals surface area contributed by atoms with E-state index in [1.54, 1.807) is 0 Å². The van der Waals surface area contributed by atoms with Gasteiger partial charge in [-0.2, -0.15) is 5.26 Å². The highest BCUT2D eigenvalue weighted by molar-refractivity contribution is 5.68. The maximum Gasteiger partial charge on any atom is 0.133 e. The van der Waals surface area contributed by atoms with E-state index < -0.39 is 0 Å². The molecule has 1 aliphatic heterocycles. The van der Waals surface area contributed by atoms with E-state index in [1.807, 2.05) is 18.2 Å². The van der Waals surface area contributed by atoms with Crippen LogP contribution in [-0.2, 0) is 13.1 Å². The van der Waals surface area contributed by atoms with Crippen molar-refractivity contribution in [2.45, 2.75) is 20.0 Å². The van der Waals surface area contributed by atoms with Gasteiger partial charge in [0, 0.05) is 32.7 Å². The molecule has 2 N–H and O–H groups in total. The summed E-state index contributed by atoms with van der Waals surface area (Å²) in [6.07, 6.45) is 0. The van der Waals surface area contributed by atoms with Crippen molar-refractivity contribution in [2.24, 2.45) is 0 Å². The number of nitrogens with two attached hydrogens (primary N) is 1. The average Bonchev–Trinajstić information content (AvgIpc) is 3.06. The highest BCUT2D eigenvalue weighted by Gasteiger charge is 2.24. The van der Waals surface area contributed by atoms with Crippen LogP contribution in [0.5, 0.6) is 0 Å². The Kier molecular flexibility index (Phi) is 5.55. The second kappa shape index (κ2) is 8.42. The molecule has 1 aliphatic rings. The zero-order valence-corrected chi connectivity index (χ0v) is 16.9. The molecule has 1 saturated heterocycles.